The lowest BCUT2D eigenvalue weighted by Gasteiger charge is -2.08. The molecule has 19 heavy (non-hydrogen) atoms. The second-order valence-electron chi connectivity index (χ2n) is 5.14. The Morgan fingerprint density at radius 2 is 1.58 bits per heavy atom. The number of hydrogen-bond acceptors (Lipinski definition) is 3. The minimum Gasteiger partial charge on any atom is -0.481 e. The lowest BCUT2D eigenvalue weighted by molar-refractivity contribution is -0.524. The predicted molar refractivity (Wildman–Crippen MR) is 74.9 cm³/mol. The van der Waals surface area contributed by atoms with E-state index in [1.165, 1.54) is 32.1 Å². The Balaban J connectivity index is 3.53. The van der Waals surface area contributed by atoms with E-state index in [1.807, 2.05) is 0 Å². The quantitative estimate of drug-likeness (QED) is 0.312. The molecule has 0 aliphatic heterocycles. The molecule has 0 fully saturated rings. The van der Waals surface area contributed by atoms with Crippen LogP contribution in [0.5, 0.6) is 0 Å². The van der Waals surface area contributed by atoms with Gasteiger partial charge >= 0.3 is 5.97 Å². The van der Waals surface area contributed by atoms with Crippen LogP contribution in [0.15, 0.2) is 0 Å². The van der Waals surface area contributed by atoms with Crippen molar-refractivity contribution in [3.05, 3.63) is 10.1 Å². The molecule has 0 radical (unpaired) electrons. The smallest absolute Gasteiger partial charge is 0.303 e. The third-order valence-corrected chi connectivity index (χ3v) is 3.38. The Labute approximate surface area is 115 Å². The van der Waals surface area contributed by atoms with Crippen LogP contribution >= 0.6 is 0 Å². The average molecular weight is 273 g/mol. The van der Waals surface area contributed by atoms with Gasteiger partial charge in [0.15, 0.2) is 0 Å². The van der Waals surface area contributed by atoms with E-state index in [2.05, 4.69) is 6.92 Å². The second-order valence-corrected chi connectivity index (χ2v) is 5.14. The summed E-state index contributed by atoms with van der Waals surface area (Å²) in [7, 11) is 0. The number of unbranched alkanes of at least 4 members (excludes halogenated alkanes) is 7. The van der Waals surface area contributed by atoms with Crippen LogP contribution in [-0.4, -0.2) is 22.0 Å². The molecule has 0 saturated heterocycles. The standard InChI is InChI=1S/C14H27NO4/c1-2-3-4-5-6-7-8-9-10-13(15(18)19)11-12-14(16)17/h13H,2-12H2,1H3,(H,16,17). The van der Waals surface area contributed by atoms with E-state index >= 15 is 0 Å². The van der Waals surface area contributed by atoms with Crippen LogP contribution in [0.4, 0.5) is 0 Å². The Bertz CT molecular complexity index is 256. The van der Waals surface area contributed by atoms with E-state index in [9.17, 15) is 14.9 Å². The predicted octanol–water partition coefficient (Wildman–Crippen LogP) is 4.03. The first kappa shape index (κ1) is 17.9. The summed E-state index contributed by atoms with van der Waals surface area (Å²) in [6.45, 7) is 2.19. The summed E-state index contributed by atoms with van der Waals surface area (Å²) in [6, 6.07) is -0.684. The van der Waals surface area contributed by atoms with Crippen LogP contribution in [0.25, 0.3) is 0 Å². The summed E-state index contributed by atoms with van der Waals surface area (Å²) in [4.78, 5) is 20.8. The molecule has 0 bridgehead atoms. The average Bonchev–Trinajstić information content (AvgIpc) is 2.35. The van der Waals surface area contributed by atoms with Crippen molar-refractivity contribution in [3.8, 4) is 0 Å². The summed E-state index contributed by atoms with van der Waals surface area (Å²) >= 11 is 0. The van der Waals surface area contributed by atoms with E-state index in [1.54, 1.807) is 0 Å². The van der Waals surface area contributed by atoms with Gasteiger partial charge in [0.05, 0.1) is 6.42 Å². The van der Waals surface area contributed by atoms with Gasteiger partial charge < -0.3 is 5.11 Å². The van der Waals surface area contributed by atoms with Crippen LogP contribution < -0.4 is 0 Å². The van der Waals surface area contributed by atoms with Crippen molar-refractivity contribution in [3.63, 3.8) is 0 Å². The number of hydrogen-bond donors (Lipinski definition) is 1. The molecule has 0 aromatic rings. The van der Waals surface area contributed by atoms with Gasteiger partial charge in [-0.1, -0.05) is 51.9 Å². The Kier molecular flexibility index (Phi) is 11.2. The molecule has 5 nitrogen and oxygen atoms in total. The zero-order valence-electron chi connectivity index (χ0n) is 12.0. The molecule has 0 saturated carbocycles. The highest BCUT2D eigenvalue weighted by Gasteiger charge is 2.20. The van der Waals surface area contributed by atoms with E-state index in [0.717, 1.165) is 19.3 Å². The number of rotatable bonds is 13. The van der Waals surface area contributed by atoms with E-state index in [4.69, 9.17) is 5.11 Å². The second kappa shape index (κ2) is 11.9. The summed E-state index contributed by atoms with van der Waals surface area (Å²) in [5.74, 6) is -0.956. The van der Waals surface area contributed by atoms with Crippen molar-refractivity contribution >= 4 is 5.97 Å². The number of aliphatic carboxylic acids is 1. The van der Waals surface area contributed by atoms with Crippen molar-refractivity contribution in [1.29, 1.82) is 0 Å². The first-order chi connectivity index (χ1) is 9.07. The van der Waals surface area contributed by atoms with E-state index < -0.39 is 12.0 Å². The SMILES string of the molecule is CCCCCCCCCCC(CCC(=O)O)[N+](=O)[O-]. The zero-order valence-corrected chi connectivity index (χ0v) is 12.0. The van der Waals surface area contributed by atoms with Crippen LogP contribution in [0.1, 0.15) is 77.6 Å². The molecule has 0 aromatic heterocycles. The number of carboxylic acids is 1. The van der Waals surface area contributed by atoms with Crippen molar-refractivity contribution < 1.29 is 14.8 Å². The first-order valence-corrected chi connectivity index (χ1v) is 7.43. The highest BCUT2D eigenvalue weighted by Crippen LogP contribution is 2.14. The van der Waals surface area contributed by atoms with Crippen molar-refractivity contribution in [2.75, 3.05) is 0 Å². The Morgan fingerprint density at radius 1 is 1.05 bits per heavy atom. The molecule has 0 aliphatic carbocycles. The van der Waals surface area contributed by atoms with Crippen LogP contribution in [0.3, 0.4) is 0 Å². The summed E-state index contributed by atoms with van der Waals surface area (Å²) in [6.07, 6.45) is 9.81. The molecule has 0 aliphatic rings. The minimum atomic E-state index is -0.956. The molecule has 0 aromatic carbocycles. The maximum absolute atomic E-state index is 10.8. The van der Waals surface area contributed by atoms with Gasteiger partial charge in [0.25, 0.3) is 0 Å². The molecule has 5 heteroatoms. The number of nitro groups is 1. The monoisotopic (exact) mass is 273 g/mol. The van der Waals surface area contributed by atoms with Gasteiger partial charge in [-0.25, -0.2) is 0 Å². The largest absolute Gasteiger partial charge is 0.481 e. The molecule has 1 N–H and O–H groups in total. The molecule has 1 atom stereocenters. The van der Waals surface area contributed by atoms with Crippen LogP contribution in [0, 0.1) is 10.1 Å². The van der Waals surface area contributed by atoms with Gasteiger partial charge in [0, 0.05) is 17.8 Å². The topological polar surface area (TPSA) is 80.4 Å². The lowest BCUT2D eigenvalue weighted by atomic mass is 10.0. The highest BCUT2D eigenvalue weighted by atomic mass is 16.6. The third-order valence-electron chi connectivity index (χ3n) is 3.38. The lowest BCUT2D eigenvalue weighted by Crippen LogP contribution is -2.20. The first-order valence-electron chi connectivity index (χ1n) is 7.43. The van der Waals surface area contributed by atoms with Crippen molar-refractivity contribution in [2.45, 2.75) is 83.6 Å². The van der Waals surface area contributed by atoms with Crippen LogP contribution in [0.2, 0.25) is 0 Å². The molecular weight excluding hydrogens is 246 g/mol. The minimum absolute atomic E-state index is 0.108. The van der Waals surface area contributed by atoms with Gasteiger partial charge in [-0.3, -0.25) is 14.9 Å². The Morgan fingerprint density at radius 3 is 2.05 bits per heavy atom. The van der Waals surface area contributed by atoms with Gasteiger partial charge in [-0.2, -0.15) is 0 Å². The van der Waals surface area contributed by atoms with Gasteiger partial charge in [-0.05, 0) is 6.42 Å². The van der Waals surface area contributed by atoms with Gasteiger partial charge in [0.2, 0.25) is 6.04 Å². The summed E-state index contributed by atoms with van der Waals surface area (Å²) < 4.78 is 0. The van der Waals surface area contributed by atoms with Gasteiger partial charge in [-0.15, -0.1) is 0 Å². The molecular formula is C14H27NO4. The maximum Gasteiger partial charge on any atom is 0.303 e. The van der Waals surface area contributed by atoms with Crippen molar-refractivity contribution in [1.82, 2.24) is 0 Å². The fourth-order valence-corrected chi connectivity index (χ4v) is 2.16. The molecule has 1 unspecified atom stereocenters. The number of carboxylic acid groups (broad SMARTS) is 1. The third kappa shape index (κ3) is 11.7. The summed E-state index contributed by atoms with van der Waals surface area (Å²) in [5, 5.41) is 19.3. The fourth-order valence-electron chi connectivity index (χ4n) is 2.16. The van der Waals surface area contributed by atoms with Crippen molar-refractivity contribution in [2.24, 2.45) is 0 Å². The molecule has 0 rings (SSSR count). The highest BCUT2D eigenvalue weighted by molar-refractivity contribution is 5.66. The number of nitrogens with zero attached hydrogens (tertiary/aromatic N) is 1. The van der Waals surface area contributed by atoms with Gasteiger partial charge in [0.1, 0.15) is 0 Å². The van der Waals surface area contributed by atoms with E-state index in [0.29, 0.717) is 6.42 Å². The number of carbonyl (C=O) groups is 1. The normalized spacial score (nSPS) is 12.3. The summed E-state index contributed by atoms with van der Waals surface area (Å²) in [5.41, 5.74) is 0. The van der Waals surface area contributed by atoms with Crippen LogP contribution in [-0.2, 0) is 4.79 Å². The molecule has 0 amide bonds. The van der Waals surface area contributed by atoms with E-state index in [-0.39, 0.29) is 17.8 Å². The maximum atomic E-state index is 10.8. The Hall–Kier alpha value is -1.13. The molecule has 0 heterocycles. The molecule has 112 valence electrons. The molecule has 0 spiro atoms. The zero-order chi connectivity index (χ0) is 14.5. The fraction of sp³-hybridized carbons (Fsp3) is 0.929.